The number of aromatic nitrogens is 2. The van der Waals surface area contributed by atoms with Gasteiger partial charge in [0.2, 0.25) is 5.82 Å². The van der Waals surface area contributed by atoms with Crippen molar-refractivity contribution in [3.63, 3.8) is 0 Å². The van der Waals surface area contributed by atoms with Gasteiger partial charge in [0.1, 0.15) is 5.60 Å². The molecule has 1 saturated carbocycles. The van der Waals surface area contributed by atoms with Gasteiger partial charge < -0.3 is 14.4 Å². The van der Waals surface area contributed by atoms with Crippen LogP contribution >= 0.6 is 0 Å². The number of aliphatic hydroxyl groups is 1. The minimum absolute atomic E-state index is 0.188. The third kappa shape index (κ3) is 2.52. The molecule has 1 aliphatic carbocycles. The molecular formula is C11H14N2O4. The maximum Gasteiger partial charge on any atom is 0.330 e. The molecule has 17 heavy (non-hydrogen) atoms. The molecule has 0 spiro atoms. The maximum absolute atomic E-state index is 11.0. The average Bonchev–Trinajstić information content (AvgIpc) is 2.72. The van der Waals surface area contributed by atoms with Crippen molar-refractivity contribution in [3.8, 4) is 0 Å². The molecule has 0 atom stereocenters. The van der Waals surface area contributed by atoms with Crippen LogP contribution in [0.15, 0.2) is 10.6 Å². The maximum atomic E-state index is 11.0. The van der Waals surface area contributed by atoms with Crippen LogP contribution in [0.1, 0.15) is 37.9 Å². The highest BCUT2D eigenvalue weighted by Crippen LogP contribution is 2.39. The van der Waals surface area contributed by atoms with Gasteiger partial charge in [-0.15, -0.1) is 0 Å². The van der Waals surface area contributed by atoms with E-state index in [1.165, 1.54) is 12.2 Å². The van der Waals surface area contributed by atoms with Crippen LogP contribution < -0.4 is 0 Å². The molecule has 0 aromatic carbocycles. The molecule has 0 radical (unpaired) electrons. The Hall–Kier alpha value is -1.69. The molecule has 6 heteroatoms. The second-order valence-electron chi connectivity index (χ2n) is 3.93. The van der Waals surface area contributed by atoms with Crippen molar-refractivity contribution in [1.82, 2.24) is 10.1 Å². The van der Waals surface area contributed by atoms with Crippen LogP contribution in [0.4, 0.5) is 0 Å². The summed E-state index contributed by atoms with van der Waals surface area (Å²) in [5.74, 6) is 0.00948. The summed E-state index contributed by atoms with van der Waals surface area (Å²) in [7, 11) is 0. The van der Waals surface area contributed by atoms with Gasteiger partial charge in [0.05, 0.1) is 6.61 Å². The molecule has 0 amide bonds. The molecular weight excluding hydrogens is 224 g/mol. The van der Waals surface area contributed by atoms with E-state index in [0.29, 0.717) is 19.4 Å². The van der Waals surface area contributed by atoms with Crippen molar-refractivity contribution in [3.05, 3.63) is 17.8 Å². The lowest BCUT2D eigenvalue weighted by molar-refractivity contribution is -0.137. The summed E-state index contributed by atoms with van der Waals surface area (Å²) in [4.78, 5) is 15.1. The molecule has 0 unspecified atom stereocenters. The van der Waals surface area contributed by atoms with Crippen molar-refractivity contribution in [2.24, 2.45) is 0 Å². The Morgan fingerprint density at radius 1 is 1.65 bits per heavy atom. The fourth-order valence-electron chi connectivity index (χ4n) is 1.56. The first kappa shape index (κ1) is 11.8. The van der Waals surface area contributed by atoms with Gasteiger partial charge in [-0.1, -0.05) is 5.16 Å². The third-order valence-corrected chi connectivity index (χ3v) is 2.69. The molecule has 0 saturated heterocycles. The van der Waals surface area contributed by atoms with Gasteiger partial charge in [0.15, 0.2) is 0 Å². The molecule has 6 nitrogen and oxygen atoms in total. The molecule has 1 N–H and O–H groups in total. The number of carbonyl (C=O) groups is 1. The van der Waals surface area contributed by atoms with Crippen LogP contribution in [-0.2, 0) is 15.1 Å². The zero-order chi connectivity index (χ0) is 12.3. The van der Waals surface area contributed by atoms with Crippen molar-refractivity contribution in [2.75, 3.05) is 6.61 Å². The highest BCUT2D eigenvalue weighted by molar-refractivity contribution is 5.86. The van der Waals surface area contributed by atoms with Crippen LogP contribution in [0.3, 0.4) is 0 Å². The van der Waals surface area contributed by atoms with Crippen LogP contribution in [0, 0.1) is 0 Å². The van der Waals surface area contributed by atoms with Crippen LogP contribution in [-0.4, -0.2) is 27.8 Å². The van der Waals surface area contributed by atoms with E-state index in [-0.39, 0.29) is 11.7 Å². The smallest absolute Gasteiger partial charge is 0.330 e. The fourth-order valence-corrected chi connectivity index (χ4v) is 1.56. The second-order valence-corrected chi connectivity index (χ2v) is 3.93. The predicted molar refractivity (Wildman–Crippen MR) is 57.7 cm³/mol. The van der Waals surface area contributed by atoms with Gasteiger partial charge in [-0.05, 0) is 26.2 Å². The van der Waals surface area contributed by atoms with Crippen molar-refractivity contribution >= 4 is 12.0 Å². The molecule has 1 aromatic heterocycles. The van der Waals surface area contributed by atoms with Crippen molar-refractivity contribution in [2.45, 2.75) is 31.8 Å². The Bertz CT molecular complexity index is 434. The lowest BCUT2D eigenvalue weighted by atomic mass is 9.80. The number of carbonyl (C=O) groups excluding carboxylic acids is 1. The van der Waals surface area contributed by atoms with Crippen LogP contribution in [0.5, 0.6) is 0 Å². The lowest BCUT2D eigenvalue weighted by Gasteiger charge is -2.32. The van der Waals surface area contributed by atoms with Gasteiger partial charge in [-0.25, -0.2) is 4.79 Å². The van der Waals surface area contributed by atoms with E-state index in [1.54, 1.807) is 6.92 Å². The number of hydrogen-bond acceptors (Lipinski definition) is 6. The summed E-state index contributed by atoms with van der Waals surface area (Å²) in [5.41, 5.74) is -0.945. The van der Waals surface area contributed by atoms with E-state index in [9.17, 15) is 9.90 Å². The molecule has 1 aliphatic rings. The zero-order valence-corrected chi connectivity index (χ0v) is 9.55. The van der Waals surface area contributed by atoms with E-state index in [2.05, 4.69) is 10.1 Å². The molecule has 1 heterocycles. The molecule has 0 bridgehead atoms. The number of nitrogens with zero attached hydrogens (tertiary/aromatic N) is 2. The minimum Gasteiger partial charge on any atom is -0.463 e. The quantitative estimate of drug-likeness (QED) is 0.622. The normalized spacial score (nSPS) is 18.0. The highest BCUT2D eigenvalue weighted by atomic mass is 16.5. The molecule has 1 aromatic rings. The Kier molecular flexibility index (Phi) is 3.23. The SMILES string of the molecule is CCOC(=O)/C=C/c1nc(C2(O)CCC2)no1. The molecule has 1 fully saturated rings. The summed E-state index contributed by atoms with van der Waals surface area (Å²) in [6, 6.07) is 0. The topological polar surface area (TPSA) is 85.5 Å². The van der Waals surface area contributed by atoms with Gasteiger partial charge >= 0.3 is 5.97 Å². The van der Waals surface area contributed by atoms with Crippen molar-refractivity contribution < 1.29 is 19.2 Å². The Balaban J connectivity index is 2.01. The summed E-state index contributed by atoms with van der Waals surface area (Å²) >= 11 is 0. The first-order valence-corrected chi connectivity index (χ1v) is 5.55. The second kappa shape index (κ2) is 4.67. The minimum atomic E-state index is -0.945. The van der Waals surface area contributed by atoms with E-state index >= 15 is 0 Å². The standard InChI is InChI=1S/C11H14N2O4/c1-2-16-9(14)5-4-8-12-10(13-17-8)11(15)6-3-7-11/h4-5,15H,2-3,6-7H2,1H3/b5-4+. The van der Waals surface area contributed by atoms with E-state index in [4.69, 9.17) is 9.26 Å². The van der Waals surface area contributed by atoms with Gasteiger partial charge in [0.25, 0.3) is 5.89 Å². The summed E-state index contributed by atoms with van der Waals surface area (Å²) in [6.45, 7) is 2.04. The summed E-state index contributed by atoms with van der Waals surface area (Å²) in [5, 5.41) is 13.7. The van der Waals surface area contributed by atoms with E-state index in [1.807, 2.05) is 0 Å². The van der Waals surface area contributed by atoms with E-state index < -0.39 is 11.6 Å². The molecule has 92 valence electrons. The lowest BCUT2D eigenvalue weighted by Crippen LogP contribution is -2.34. The van der Waals surface area contributed by atoms with E-state index in [0.717, 1.165) is 6.42 Å². The summed E-state index contributed by atoms with van der Waals surface area (Å²) < 4.78 is 9.60. The van der Waals surface area contributed by atoms with Crippen molar-refractivity contribution in [1.29, 1.82) is 0 Å². The monoisotopic (exact) mass is 238 g/mol. The van der Waals surface area contributed by atoms with Crippen LogP contribution in [0.2, 0.25) is 0 Å². The third-order valence-electron chi connectivity index (χ3n) is 2.69. The number of hydrogen-bond donors (Lipinski definition) is 1. The Morgan fingerprint density at radius 2 is 2.41 bits per heavy atom. The van der Waals surface area contributed by atoms with Gasteiger partial charge in [-0.3, -0.25) is 0 Å². The number of esters is 1. The summed E-state index contributed by atoms with van der Waals surface area (Å²) in [6.07, 6.45) is 4.84. The Morgan fingerprint density at radius 3 is 3.00 bits per heavy atom. The number of rotatable bonds is 4. The predicted octanol–water partition coefficient (Wildman–Crippen LogP) is 1.02. The van der Waals surface area contributed by atoms with Gasteiger partial charge in [-0.2, -0.15) is 4.98 Å². The Labute approximate surface area is 98.3 Å². The van der Waals surface area contributed by atoms with Crippen LogP contribution in [0.25, 0.3) is 6.08 Å². The fraction of sp³-hybridized carbons (Fsp3) is 0.545. The molecule has 2 rings (SSSR count). The average molecular weight is 238 g/mol. The number of ether oxygens (including phenoxy) is 1. The zero-order valence-electron chi connectivity index (χ0n) is 9.55. The first-order valence-electron chi connectivity index (χ1n) is 5.55. The molecule has 0 aliphatic heterocycles. The highest BCUT2D eigenvalue weighted by Gasteiger charge is 2.40. The van der Waals surface area contributed by atoms with Gasteiger partial charge in [0, 0.05) is 12.2 Å². The largest absolute Gasteiger partial charge is 0.463 e. The first-order chi connectivity index (χ1) is 8.14.